The van der Waals surface area contributed by atoms with Gasteiger partial charge in [0.25, 0.3) is 5.89 Å². The summed E-state index contributed by atoms with van der Waals surface area (Å²) in [6.07, 6.45) is 5.41. The van der Waals surface area contributed by atoms with Crippen molar-refractivity contribution in [3.63, 3.8) is 0 Å². The van der Waals surface area contributed by atoms with E-state index in [2.05, 4.69) is 37.1 Å². The topological polar surface area (TPSA) is 77.2 Å². The van der Waals surface area contributed by atoms with Crippen LogP contribution < -0.4 is 4.74 Å². The van der Waals surface area contributed by atoms with E-state index in [1.165, 1.54) is 5.56 Å². The van der Waals surface area contributed by atoms with Crippen molar-refractivity contribution in [2.24, 2.45) is 0 Å². The summed E-state index contributed by atoms with van der Waals surface area (Å²) in [5.74, 6) is 2.44. The van der Waals surface area contributed by atoms with Gasteiger partial charge in [-0.15, -0.1) is 0 Å². The molecule has 7 nitrogen and oxygen atoms in total. The number of hydrogen-bond acceptors (Lipinski definition) is 7. The van der Waals surface area contributed by atoms with Gasteiger partial charge in [-0.05, 0) is 50.6 Å². The average molecular weight is 365 g/mol. The van der Waals surface area contributed by atoms with E-state index in [4.69, 9.17) is 9.26 Å². The van der Waals surface area contributed by atoms with Gasteiger partial charge in [-0.3, -0.25) is 9.88 Å². The second-order valence-corrected chi connectivity index (χ2v) is 6.90. The third-order valence-corrected chi connectivity index (χ3v) is 4.93. The van der Waals surface area contributed by atoms with Crippen LogP contribution >= 0.6 is 0 Å². The van der Waals surface area contributed by atoms with Gasteiger partial charge < -0.3 is 9.26 Å². The third-order valence-electron chi connectivity index (χ3n) is 4.93. The van der Waals surface area contributed by atoms with Crippen LogP contribution in [0, 0.1) is 6.92 Å². The molecule has 0 bridgehead atoms. The summed E-state index contributed by atoms with van der Waals surface area (Å²) in [5.41, 5.74) is 2.75. The lowest BCUT2D eigenvalue weighted by Gasteiger charge is -2.30. The number of rotatable bonds is 5. The van der Waals surface area contributed by atoms with Crippen molar-refractivity contribution in [2.45, 2.75) is 32.2 Å². The number of nitrogens with zero attached hydrogens (tertiary/aromatic N) is 5. The van der Waals surface area contributed by atoms with Crippen molar-refractivity contribution in [3.05, 3.63) is 53.7 Å². The fourth-order valence-electron chi connectivity index (χ4n) is 3.39. The predicted octanol–water partition coefficient (Wildman–Crippen LogP) is 3.22. The normalized spacial score (nSPS) is 15.8. The van der Waals surface area contributed by atoms with E-state index < -0.39 is 0 Å². The zero-order valence-electron chi connectivity index (χ0n) is 15.6. The fraction of sp³-hybridized carbons (Fsp3) is 0.400. The molecule has 0 aliphatic carbocycles. The molecule has 3 heterocycles. The molecule has 1 aromatic carbocycles. The predicted molar refractivity (Wildman–Crippen MR) is 100 cm³/mol. The Kier molecular flexibility index (Phi) is 5.11. The van der Waals surface area contributed by atoms with Gasteiger partial charge in [0.05, 0.1) is 19.0 Å². The van der Waals surface area contributed by atoms with Crippen molar-refractivity contribution >= 4 is 0 Å². The first-order chi connectivity index (χ1) is 13.2. The zero-order valence-corrected chi connectivity index (χ0v) is 15.6. The molecule has 0 spiro atoms. The lowest BCUT2D eigenvalue weighted by molar-refractivity contribution is 0.200. The minimum absolute atomic E-state index is 0.322. The lowest BCUT2D eigenvalue weighted by Crippen LogP contribution is -2.32. The summed E-state index contributed by atoms with van der Waals surface area (Å²) in [4.78, 5) is 15.5. The summed E-state index contributed by atoms with van der Waals surface area (Å²) >= 11 is 0. The van der Waals surface area contributed by atoms with Gasteiger partial charge in [-0.1, -0.05) is 17.3 Å². The number of hydrogen-bond donors (Lipinski definition) is 0. The summed E-state index contributed by atoms with van der Waals surface area (Å²) in [6.45, 7) is 4.85. The Bertz CT molecular complexity index is 885. The van der Waals surface area contributed by atoms with Crippen molar-refractivity contribution in [1.29, 1.82) is 0 Å². The van der Waals surface area contributed by atoms with Gasteiger partial charge in [0, 0.05) is 18.7 Å². The van der Waals surface area contributed by atoms with E-state index in [1.807, 2.05) is 19.1 Å². The summed E-state index contributed by atoms with van der Waals surface area (Å²) in [7, 11) is 1.70. The number of piperidine rings is 1. The number of aromatic nitrogens is 4. The number of aryl methyl sites for hydroxylation is 1. The molecule has 0 amide bonds. The molecule has 1 aliphatic rings. The lowest BCUT2D eigenvalue weighted by atomic mass is 9.96. The summed E-state index contributed by atoms with van der Waals surface area (Å²) in [5, 5.41) is 4.18. The maximum atomic E-state index is 5.40. The first-order valence-electron chi connectivity index (χ1n) is 9.19. The first-order valence-corrected chi connectivity index (χ1v) is 9.19. The zero-order chi connectivity index (χ0) is 18.6. The molecule has 0 atom stereocenters. The van der Waals surface area contributed by atoms with Crippen LogP contribution in [-0.2, 0) is 6.54 Å². The van der Waals surface area contributed by atoms with Gasteiger partial charge >= 0.3 is 0 Å². The molecule has 0 radical (unpaired) electrons. The van der Waals surface area contributed by atoms with E-state index in [0.29, 0.717) is 17.5 Å². The molecule has 0 N–H and O–H groups in total. The molecule has 2 aromatic heterocycles. The molecule has 0 saturated carbocycles. The second-order valence-electron chi connectivity index (χ2n) is 6.90. The van der Waals surface area contributed by atoms with Crippen LogP contribution in [0.3, 0.4) is 0 Å². The highest BCUT2D eigenvalue weighted by Crippen LogP contribution is 2.28. The van der Waals surface area contributed by atoms with Crippen molar-refractivity contribution < 1.29 is 9.26 Å². The van der Waals surface area contributed by atoms with Crippen LogP contribution in [-0.4, -0.2) is 45.2 Å². The molecular weight excluding hydrogens is 342 g/mol. The Morgan fingerprint density at radius 1 is 1.19 bits per heavy atom. The number of benzene rings is 1. The van der Waals surface area contributed by atoms with Gasteiger partial charge in [-0.2, -0.15) is 4.98 Å². The minimum Gasteiger partial charge on any atom is -0.497 e. The Labute approximate surface area is 158 Å². The molecule has 1 aliphatic heterocycles. The standard InChI is InChI=1S/C20H23N5O2/c1-14-11-22-18(12-21-14)20-23-19(24-27-20)16-6-8-25(9-7-16)13-15-4-3-5-17(10-15)26-2/h3-5,10-12,16H,6-9,13H2,1-2H3. The van der Waals surface area contributed by atoms with Crippen LogP contribution in [0.5, 0.6) is 5.75 Å². The minimum atomic E-state index is 0.322. The van der Waals surface area contributed by atoms with Crippen molar-refractivity contribution in [2.75, 3.05) is 20.2 Å². The Morgan fingerprint density at radius 3 is 2.78 bits per heavy atom. The van der Waals surface area contributed by atoms with Gasteiger partial charge in [0.1, 0.15) is 11.4 Å². The quantitative estimate of drug-likeness (QED) is 0.687. The van der Waals surface area contributed by atoms with E-state index in [9.17, 15) is 0 Å². The number of methoxy groups -OCH3 is 1. The van der Waals surface area contributed by atoms with Crippen LogP contribution in [0.15, 0.2) is 41.2 Å². The Balaban J connectivity index is 1.36. The largest absolute Gasteiger partial charge is 0.497 e. The van der Waals surface area contributed by atoms with E-state index >= 15 is 0 Å². The van der Waals surface area contributed by atoms with Crippen molar-refractivity contribution in [3.8, 4) is 17.3 Å². The van der Waals surface area contributed by atoms with Crippen LogP contribution in [0.1, 0.15) is 35.8 Å². The number of ether oxygens (including phenoxy) is 1. The SMILES string of the molecule is COc1cccc(CN2CCC(c3noc(-c4cnc(C)cn4)n3)CC2)c1. The fourth-order valence-corrected chi connectivity index (χ4v) is 3.39. The molecule has 27 heavy (non-hydrogen) atoms. The summed E-state index contributed by atoms with van der Waals surface area (Å²) in [6, 6.07) is 8.25. The second kappa shape index (κ2) is 7.84. The van der Waals surface area contributed by atoms with Gasteiger partial charge in [-0.25, -0.2) is 4.98 Å². The maximum Gasteiger partial charge on any atom is 0.278 e. The van der Waals surface area contributed by atoms with Crippen LogP contribution in [0.4, 0.5) is 0 Å². The van der Waals surface area contributed by atoms with Crippen molar-refractivity contribution in [1.82, 2.24) is 25.0 Å². The molecule has 4 rings (SSSR count). The van der Waals surface area contributed by atoms with Crippen LogP contribution in [0.25, 0.3) is 11.6 Å². The average Bonchev–Trinajstić information content (AvgIpc) is 3.19. The molecule has 140 valence electrons. The van der Waals surface area contributed by atoms with Gasteiger partial charge in [0.2, 0.25) is 0 Å². The Morgan fingerprint density at radius 2 is 2.04 bits per heavy atom. The highest BCUT2D eigenvalue weighted by atomic mass is 16.5. The monoisotopic (exact) mass is 365 g/mol. The Hall–Kier alpha value is -2.80. The highest BCUT2D eigenvalue weighted by molar-refractivity contribution is 5.44. The highest BCUT2D eigenvalue weighted by Gasteiger charge is 2.25. The van der Waals surface area contributed by atoms with Crippen LogP contribution in [0.2, 0.25) is 0 Å². The molecule has 7 heteroatoms. The summed E-state index contributed by atoms with van der Waals surface area (Å²) < 4.78 is 10.7. The molecular formula is C20H23N5O2. The smallest absolute Gasteiger partial charge is 0.278 e. The molecule has 0 unspecified atom stereocenters. The van der Waals surface area contributed by atoms with E-state index in [0.717, 1.165) is 49.7 Å². The maximum absolute atomic E-state index is 5.40. The molecule has 3 aromatic rings. The first kappa shape index (κ1) is 17.6. The van der Waals surface area contributed by atoms with Gasteiger partial charge in [0.15, 0.2) is 5.82 Å². The number of likely N-dealkylation sites (tertiary alicyclic amines) is 1. The van der Waals surface area contributed by atoms with E-state index in [1.54, 1.807) is 19.5 Å². The molecule has 1 fully saturated rings. The third kappa shape index (κ3) is 4.14. The van der Waals surface area contributed by atoms with E-state index in [-0.39, 0.29) is 0 Å². The molecule has 1 saturated heterocycles.